The van der Waals surface area contributed by atoms with E-state index in [9.17, 15) is 9.59 Å². The van der Waals surface area contributed by atoms with E-state index < -0.39 is 12.1 Å². The zero-order valence-corrected chi connectivity index (χ0v) is 7.51. The molecule has 0 radical (unpaired) electrons. The molecule has 0 fully saturated rings. The first-order valence-electron chi connectivity index (χ1n) is 4.21. The van der Waals surface area contributed by atoms with Crippen molar-refractivity contribution in [2.75, 3.05) is 0 Å². The third kappa shape index (κ3) is 3.26. The predicted molar refractivity (Wildman–Crippen MR) is 51.2 cm³/mol. The van der Waals surface area contributed by atoms with Gasteiger partial charge in [-0.1, -0.05) is 30.3 Å². The fourth-order valence-electron chi connectivity index (χ4n) is 1.16. The van der Waals surface area contributed by atoms with Crippen molar-refractivity contribution in [1.82, 2.24) is 5.32 Å². The first-order chi connectivity index (χ1) is 6.72. The van der Waals surface area contributed by atoms with Crippen LogP contribution >= 0.6 is 0 Å². The van der Waals surface area contributed by atoms with E-state index in [1.165, 1.54) is 0 Å². The minimum absolute atomic E-state index is 0.386. The van der Waals surface area contributed by atoms with Gasteiger partial charge in [-0.2, -0.15) is 0 Å². The molecule has 0 aromatic heterocycles. The lowest BCUT2D eigenvalue weighted by molar-refractivity contribution is -0.109. The van der Waals surface area contributed by atoms with Gasteiger partial charge in [-0.05, 0) is 12.0 Å². The summed E-state index contributed by atoms with van der Waals surface area (Å²) >= 11 is 0. The number of carboxylic acid groups (broad SMARTS) is 1. The summed E-state index contributed by atoms with van der Waals surface area (Å²) in [6, 6.07) is 8.58. The predicted octanol–water partition coefficient (Wildman–Crippen LogP) is 1.06. The Hall–Kier alpha value is -1.84. The van der Waals surface area contributed by atoms with Gasteiger partial charge in [-0.15, -0.1) is 0 Å². The monoisotopic (exact) mass is 193 g/mol. The molecule has 1 amide bonds. The lowest BCUT2D eigenvalue weighted by Crippen LogP contribution is -2.36. The Morgan fingerprint density at radius 3 is 2.57 bits per heavy atom. The van der Waals surface area contributed by atoms with Gasteiger partial charge in [0, 0.05) is 0 Å². The first-order valence-corrected chi connectivity index (χ1v) is 4.21. The Morgan fingerprint density at radius 1 is 1.43 bits per heavy atom. The quantitative estimate of drug-likeness (QED) is 0.703. The van der Waals surface area contributed by atoms with E-state index in [2.05, 4.69) is 5.32 Å². The Morgan fingerprint density at radius 2 is 2.07 bits per heavy atom. The summed E-state index contributed by atoms with van der Waals surface area (Å²) in [5.41, 5.74) is 0.929. The Bertz CT molecular complexity index is 310. The highest BCUT2D eigenvalue weighted by Crippen LogP contribution is 2.01. The van der Waals surface area contributed by atoms with Crippen LogP contribution in [0.5, 0.6) is 0 Å². The van der Waals surface area contributed by atoms with Gasteiger partial charge in [0.2, 0.25) is 0 Å². The Labute approximate surface area is 81.6 Å². The van der Waals surface area contributed by atoms with Gasteiger partial charge >= 0.3 is 6.09 Å². The molecular weight excluding hydrogens is 182 g/mol. The lowest BCUT2D eigenvalue weighted by atomic mass is 10.1. The SMILES string of the molecule is O=CC(Cc1ccccc1)NC(=O)O. The van der Waals surface area contributed by atoms with E-state index >= 15 is 0 Å². The normalized spacial score (nSPS) is 11.7. The van der Waals surface area contributed by atoms with Gasteiger partial charge in [-0.3, -0.25) is 0 Å². The lowest BCUT2D eigenvalue weighted by Gasteiger charge is -2.09. The molecule has 0 saturated carbocycles. The highest BCUT2D eigenvalue weighted by molar-refractivity contribution is 5.71. The van der Waals surface area contributed by atoms with Crippen LogP contribution in [0.25, 0.3) is 0 Å². The van der Waals surface area contributed by atoms with E-state index in [0.29, 0.717) is 12.7 Å². The van der Waals surface area contributed by atoms with Crippen molar-refractivity contribution in [2.45, 2.75) is 12.5 Å². The van der Waals surface area contributed by atoms with Crippen LogP contribution in [0.4, 0.5) is 4.79 Å². The summed E-state index contributed by atoms with van der Waals surface area (Å²) in [6.45, 7) is 0. The molecule has 0 heterocycles. The maximum atomic E-state index is 10.5. The molecule has 4 nitrogen and oxygen atoms in total. The van der Waals surface area contributed by atoms with Gasteiger partial charge in [0.05, 0.1) is 6.04 Å². The van der Waals surface area contributed by atoms with Crippen molar-refractivity contribution >= 4 is 12.4 Å². The summed E-state index contributed by atoms with van der Waals surface area (Å²) in [7, 11) is 0. The molecule has 0 bridgehead atoms. The van der Waals surface area contributed by atoms with Crippen LogP contribution in [0.3, 0.4) is 0 Å². The number of amides is 1. The zero-order chi connectivity index (χ0) is 10.4. The molecule has 0 saturated heterocycles. The second-order valence-corrected chi connectivity index (χ2v) is 2.88. The number of carbonyl (C=O) groups excluding carboxylic acids is 1. The van der Waals surface area contributed by atoms with E-state index in [1.807, 2.05) is 30.3 Å². The van der Waals surface area contributed by atoms with Crippen molar-refractivity contribution in [3.63, 3.8) is 0 Å². The molecule has 0 aliphatic rings. The fourth-order valence-corrected chi connectivity index (χ4v) is 1.16. The van der Waals surface area contributed by atoms with Crippen LogP contribution in [0.1, 0.15) is 5.56 Å². The van der Waals surface area contributed by atoms with E-state index in [0.717, 1.165) is 5.56 Å². The fraction of sp³-hybridized carbons (Fsp3) is 0.200. The molecule has 1 rings (SSSR count). The average Bonchev–Trinajstić information content (AvgIpc) is 2.17. The Kier molecular flexibility index (Phi) is 3.67. The maximum absolute atomic E-state index is 10.5. The summed E-state index contributed by atoms with van der Waals surface area (Å²) in [5.74, 6) is 0. The second kappa shape index (κ2) is 5.01. The molecule has 0 aliphatic carbocycles. The number of aldehydes is 1. The molecular formula is C10H11NO3. The minimum Gasteiger partial charge on any atom is -0.465 e. The van der Waals surface area contributed by atoms with Crippen LogP contribution < -0.4 is 5.32 Å². The van der Waals surface area contributed by atoms with Crippen LogP contribution in [-0.2, 0) is 11.2 Å². The molecule has 74 valence electrons. The summed E-state index contributed by atoms with van der Waals surface area (Å²) < 4.78 is 0. The zero-order valence-electron chi connectivity index (χ0n) is 7.51. The first kappa shape index (κ1) is 10.2. The highest BCUT2D eigenvalue weighted by Gasteiger charge is 2.09. The number of rotatable bonds is 4. The van der Waals surface area contributed by atoms with Gasteiger partial charge < -0.3 is 15.2 Å². The highest BCUT2D eigenvalue weighted by atomic mass is 16.4. The maximum Gasteiger partial charge on any atom is 0.405 e. The van der Waals surface area contributed by atoms with E-state index in [1.54, 1.807) is 0 Å². The van der Waals surface area contributed by atoms with Gasteiger partial charge in [0.15, 0.2) is 0 Å². The van der Waals surface area contributed by atoms with Crippen LogP contribution in [0.2, 0.25) is 0 Å². The molecule has 0 spiro atoms. The summed E-state index contributed by atoms with van der Waals surface area (Å²) in [5, 5.41) is 10.5. The number of nitrogens with one attached hydrogen (secondary N) is 1. The Balaban J connectivity index is 2.57. The molecule has 14 heavy (non-hydrogen) atoms. The molecule has 0 aliphatic heterocycles. The number of hydrogen-bond acceptors (Lipinski definition) is 2. The van der Waals surface area contributed by atoms with Crippen molar-refractivity contribution in [3.8, 4) is 0 Å². The largest absolute Gasteiger partial charge is 0.465 e. The number of hydrogen-bond donors (Lipinski definition) is 2. The molecule has 1 atom stereocenters. The van der Waals surface area contributed by atoms with Crippen LogP contribution in [0, 0.1) is 0 Å². The second-order valence-electron chi connectivity index (χ2n) is 2.88. The van der Waals surface area contributed by atoms with Crippen molar-refractivity contribution in [3.05, 3.63) is 35.9 Å². The summed E-state index contributed by atoms with van der Waals surface area (Å²) in [6.07, 6.45) is -0.198. The smallest absolute Gasteiger partial charge is 0.405 e. The summed E-state index contributed by atoms with van der Waals surface area (Å²) in [4.78, 5) is 20.8. The molecule has 4 heteroatoms. The average molecular weight is 193 g/mol. The third-order valence-electron chi connectivity index (χ3n) is 1.77. The minimum atomic E-state index is -1.18. The van der Waals surface area contributed by atoms with E-state index in [4.69, 9.17) is 5.11 Å². The van der Waals surface area contributed by atoms with E-state index in [-0.39, 0.29) is 0 Å². The van der Waals surface area contributed by atoms with Gasteiger partial charge in [0.1, 0.15) is 6.29 Å². The van der Waals surface area contributed by atoms with Crippen LogP contribution in [0.15, 0.2) is 30.3 Å². The third-order valence-corrected chi connectivity index (χ3v) is 1.77. The standard InChI is InChI=1S/C10H11NO3/c12-7-9(11-10(13)14)6-8-4-2-1-3-5-8/h1-5,7,9,11H,6H2,(H,13,14). The van der Waals surface area contributed by atoms with Crippen molar-refractivity contribution in [1.29, 1.82) is 0 Å². The van der Waals surface area contributed by atoms with Crippen molar-refractivity contribution < 1.29 is 14.7 Å². The molecule has 1 aromatic rings. The topological polar surface area (TPSA) is 66.4 Å². The van der Waals surface area contributed by atoms with Gasteiger partial charge in [-0.25, -0.2) is 4.79 Å². The number of benzene rings is 1. The van der Waals surface area contributed by atoms with Gasteiger partial charge in [0.25, 0.3) is 0 Å². The molecule has 1 aromatic carbocycles. The number of carbonyl (C=O) groups is 2. The van der Waals surface area contributed by atoms with Crippen molar-refractivity contribution in [2.24, 2.45) is 0 Å². The van der Waals surface area contributed by atoms with Crippen LogP contribution in [-0.4, -0.2) is 23.5 Å². The molecule has 2 N–H and O–H groups in total. The molecule has 1 unspecified atom stereocenters.